The van der Waals surface area contributed by atoms with E-state index in [0.717, 1.165) is 18.5 Å². The van der Waals surface area contributed by atoms with Gasteiger partial charge in [-0.3, -0.25) is 4.79 Å². The van der Waals surface area contributed by atoms with Gasteiger partial charge in [0.05, 0.1) is 18.0 Å². The van der Waals surface area contributed by atoms with Crippen LogP contribution >= 0.6 is 11.8 Å². The van der Waals surface area contributed by atoms with Gasteiger partial charge in [0.25, 0.3) is 0 Å². The van der Waals surface area contributed by atoms with Crippen molar-refractivity contribution in [2.75, 3.05) is 12.4 Å². The number of tetrazole rings is 1. The van der Waals surface area contributed by atoms with Crippen LogP contribution in [-0.2, 0) is 9.53 Å². The second-order valence-corrected chi connectivity index (χ2v) is 5.01. The van der Waals surface area contributed by atoms with Crippen molar-refractivity contribution in [3.63, 3.8) is 0 Å². The van der Waals surface area contributed by atoms with Gasteiger partial charge >= 0.3 is 5.97 Å². The lowest BCUT2D eigenvalue weighted by Crippen LogP contribution is -2.09. The van der Waals surface area contributed by atoms with Gasteiger partial charge in [-0.1, -0.05) is 43.3 Å². The van der Waals surface area contributed by atoms with Crippen LogP contribution in [0.25, 0.3) is 5.69 Å². The first-order valence-electron chi connectivity index (χ1n) is 6.43. The molecule has 0 unspecified atom stereocenters. The maximum atomic E-state index is 11.5. The van der Waals surface area contributed by atoms with Crippen molar-refractivity contribution in [1.82, 2.24) is 20.2 Å². The van der Waals surface area contributed by atoms with Gasteiger partial charge in [0.1, 0.15) is 0 Å². The summed E-state index contributed by atoms with van der Waals surface area (Å²) in [4.78, 5) is 11.5. The van der Waals surface area contributed by atoms with Gasteiger partial charge in [0.15, 0.2) is 0 Å². The number of para-hydroxylation sites is 1. The first-order chi connectivity index (χ1) is 9.81. The summed E-state index contributed by atoms with van der Waals surface area (Å²) in [6, 6.07) is 9.54. The number of ether oxygens (including phenoxy) is 1. The molecule has 0 spiro atoms. The van der Waals surface area contributed by atoms with Crippen LogP contribution in [0.2, 0.25) is 0 Å². The molecule has 6 nitrogen and oxygen atoms in total. The lowest BCUT2D eigenvalue weighted by molar-refractivity contribution is -0.140. The zero-order valence-electron chi connectivity index (χ0n) is 11.2. The van der Waals surface area contributed by atoms with E-state index in [9.17, 15) is 4.79 Å². The molecule has 7 heteroatoms. The number of carbonyl (C=O) groups is 1. The van der Waals surface area contributed by atoms with E-state index in [1.807, 2.05) is 30.3 Å². The number of carbonyl (C=O) groups excluding carboxylic acids is 1. The Kier molecular flexibility index (Phi) is 5.55. The van der Waals surface area contributed by atoms with Gasteiger partial charge in [0.2, 0.25) is 5.16 Å². The average Bonchev–Trinajstić information content (AvgIpc) is 2.95. The first kappa shape index (κ1) is 14.5. The lowest BCUT2D eigenvalue weighted by Gasteiger charge is -2.04. The fraction of sp³-hybridized carbons (Fsp3) is 0.385. The molecule has 1 aromatic carbocycles. The van der Waals surface area contributed by atoms with Crippen molar-refractivity contribution in [2.45, 2.75) is 24.9 Å². The second kappa shape index (κ2) is 7.64. The predicted octanol–water partition coefficient (Wildman–Crippen LogP) is 2.10. The third-order valence-electron chi connectivity index (χ3n) is 2.52. The van der Waals surface area contributed by atoms with Crippen LogP contribution in [0, 0.1) is 0 Å². The fourth-order valence-corrected chi connectivity index (χ4v) is 2.18. The Hall–Kier alpha value is -1.89. The number of rotatable bonds is 7. The maximum absolute atomic E-state index is 11.5. The normalized spacial score (nSPS) is 10.4. The van der Waals surface area contributed by atoms with Gasteiger partial charge < -0.3 is 4.74 Å². The van der Waals surface area contributed by atoms with E-state index in [1.165, 1.54) is 11.8 Å². The van der Waals surface area contributed by atoms with E-state index >= 15 is 0 Å². The molecule has 1 aromatic heterocycles. The number of unbranched alkanes of at least 4 members (excludes halogenated alkanes) is 1. The summed E-state index contributed by atoms with van der Waals surface area (Å²) in [6.07, 6.45) is 1.89. The van der Waals surface area contributed by atoms with Crippen molar-refractivity contribution < 1.29 is 9.53 Å². The molecule has 0 amide bonds. The van der Waals surface area contributed by atoms with E-state index in [0.29, 0.717) is 11.8 Å². The molecule has 1 heterocycles. The molecule has 0 saturated carbocycles. The second-order valence-electron chi connectivity index (χ2n) is 4.07. The molecule has 0 radical (unpaired) electrons. The van der Waals surface area contributed by atoms with E-state index in [4.69, 9.17) is 4.74 Å². The van der Waals surface area contributed by atoms with Crippen LogP contribution < -0.4 is 0 Å². The molecule has 0 fully saturated rings. The standard InChI is InChI=1S/C13H16N4O2S/c1-2-3-9-19-12(18)10-20-13-14-15-16-17(13)11-7-5-4-6-8-11/h4-8H,2-3,9-10H2,1H3. The zero-order valence-corrected chi connectivity index (χ0v) is 12.0. The van der Waals surface area contributed by atoms with E-state index in [2.05, 4.69) is 22.4 Å². The van der Waals surface area contributed by atoms with Crippen molar-refractivity contribution in [3.05, 3.63) is 30.3 Å². The summed E-state index contributed by atoms with van der Waals surface area (Å²) in [5.74, 6) is -0.0391. The van der Waals surface area contributed by atoms with Crippen LogP contribution in [0.15, 0.2) is 35.5 Å². The quantitative estimate of drug-likeness (QED) is 0.442. The van der Waals surface area contributed by atoms with E-state index in [1.54, 1.807) is 4.68 Å². The fourth-order valence-electron chi connectivity index (χ4n) is 1.50. The Bertz CT molecular complexity index is 544. The Morgan fingerprint density at radius 1 is 1.35 bits per heavy atom. The average molecular weight is 292 g/mol. The SMILES string of the molecule is CCCCOC(=O)CSc1nnnn1-c1ccccc1. The van der Waals surface area contributed by atoms with Crippen LogP contribution in [0.1, 0.15) is 19.8 Å². The number of hydrogen-bond donors (Lipinski definition) is 0. The van der Waals surface area contributed by atoms with Crippen LogP contribution in [-0.4, -0.2) is 38.5 Å². The molecular weight excluding hydrogens is 276 g/mol. The molecule has 0 aliphatic rings. The van der Waals surface area contributed by atoms with Gasteiger partial charge in [0, 0.05) is 0 Å². The molecule has 0 aliphatic carbocycles. The summed E-state index contributed by atoms with van der Waals surface area (Å²) in [6.45, 7) is 2.52. The highest BCUT2D eigenvalue weighted by molar-refractivity contribution is 7.99. The third-order valence-corrected chi connectivity index (χ3v) is 3.41. The highest BCUT2D eigenvalue weighted by Crippen LogP contribution is 2.17. The van der Waals surface area contributed by atoms with Gasteiger partial charge in [-0.25, -0.2) is 0 Å². The molecule has 2 rings (SSSR count). The van der Waals surface area contributed by atoms with Crippen molar-refractivity contribution >= 4 is 17.7 Å². The van der Waals surface area contributed by atoms with E-state index in [-0.39, 0.29) is 11.7 Å². The van der Waals surface area contributed by atoms with Gasteiger partial charge in [-0.05, 0) is 29.0 Å². The highest BCUT2D eigenvalue weighted by Gasteiger charge is 2.11. The molecule has 106 valence electrons. The number of thioether (sulfide) groups is 1. The molecule has 0 aliphatic heterocycles. The summed E-state index contributed by atoms with van der Waals surface area (Å²) in [5.41, 5.74) is 0.861. The molecule has 2 aromatic rings. The Balaban J connectivity index is 1.91. The molecule has 20 heavy (non-hydrogen) atoms. The summed E-state index contributed by atoms with van der Waals surface area (Å²) < 4.78 is 6.69. The number of esters is 1. The Morgan fingerprint density at radius 2 is 2.15 bits per heavy atom. The van der Waals surface area contributed by atoms with Crippen LogP contribution in [0.5, 0.6) is 0 Å². The lowest BCUT2D eigenvalue weighted by atomic mass is 10.3. The van der Waals surface area contributed by atoms with Crippen molar-refractivity contribution in [1.29, 1.82) is 0 Å². The van der Waals surface area contributed by atoms with Crippen molar-refractivity contribution in [2.24, 2.45) is 0 Å². The van der Waals surface area contributed by atoms with Crippen molar-refractivity contribution in [3.8, 4) is 5.69 Å². The molecule has 0 saturated heterocycles. The first-order valence-corrected chi connectivity index (χ1v) is 7.42. The third kappa shape index (κ3) is 4.06. The Labute approximate surface area is 121 Å². The number of benzene rings is 1. The number of hydrogen-bond acceptors (Lipinski definition) is 6. The summed E-state index contributed by atoms with van der Waals surface area (Å²) in [7, 11) is 0. The number of aromatic nitrogens is 4. The van der Waals surface area contributed by atoms with Crippen LogP contribution in [0.3, 0.4) is 0 Å². The highest BCUT2D eigenvalue weighted by atomic mass is 32.2. The molecule has 0 N–H and O–H groups in total. The maximum Gasteiger partial charge on any atom is 0.316 e. The van der Waals surface area contributed by atoms with Gasteiger partial charge in [-0.15, -0.1) is 5.10 Å². The summed E-state index contributed by atoms with van der Waals surface area (Å²) in [5, 5.41) is 12.1. The zero-order chi connectivity index (χ0) is 14.2. The molecule has 0 bridgehead atoms. The summed E-state index contributed by atoms with van der Waals surface area (Å²) >= 11 is 1.27. The van der Waals surface area contributed by atoms with Crippen LogP contribution in [0.4, 0.5) is 0 Å². The molecule has 0 atom stereocenters. The topological polar surface area (TPSA) is 69.9 Å². The largest absolute Gasteiger partial charge is 0.465 e. The Morgan fingerprint density at radius 3 is 2.90 bits per heavy atom. The predicted molar refractivity (Wildman–Crippen MR) is 75.7 cm³/mol. The monoisotopic (exact) mass is 292 g/mol. The van der Waals surface area contributed by atoms with E-state index < -0.39 is 0 Å². The number of nitrogens with zero attached hydrogens (tertiary/aromatic N) is 4. The minimum Gasteiger partial charge on any atom is -0.465 e. The smallest absolute Gasteiger partial charge is 0.316 e. The van der Waals surface area contributed by atoms with Gasteiger partial charge in [-0.2, -0.15) is 4.68 Å². The molecular formula is C13H16N4O2S. The minimum atomic E-state index is -0.244. The minimum absolute atomic E-state index is 0.205.